The normalized spacial score (nSPS) is 11.3. The van der Waals surface area contributed by atoms with E-state index in [1.54, 1.807) is 22.9 Å². The second-order valence-electron chi connectivity index (χ2n) is 3.86. The van der Waals surface area contributed by atoms with Crippen molar-refractivity contribution < 1.29 is 27.1 Å². The zero-order chi connectivity index (χ0) is 13.8. The van der Waals surface area contributed by atoms with Crippen molar-refractivity contribution in [3.63, 3.8) is 0 Å². The van der Waals surface area contributed by atoms with Crippen molar-refractivity contribution in [1.29, 1.82) is 0 Å². The number of ether oxygens (including phenoxy) is 1. The Morgan fingerprint density at radius 2 is 2.11 bits per heavy atom. The molecule has 0 atom stereocenters. The molecule has 0 aliphatic heterocycles. The number of esters is 1. The summed E-state index contributed by atoms with van der Waals surface area (Å²) in [5.74, 6) is -0.873. The van der Waals surface area contributed by atoms with Crippen LogP contribution in [0.1, 0.15) is 22.5 Å². The first-order chi connectivity index (χ1) is 8.33. The van der Waals surface area contributed by atoms with Gasteiger partial charge in [-0.3, -0.25) is 0 Å². The van der Waals surface area contributed by atoms with Crippen molar-refractivity contribution >= 4 is 16.1 Å². The highest BCUT2D eigenvalue weighted by Gasteiger charge is 2.13. The van der Waals surface area contributed by atoms with Gasteiger partial charge < -0.3 is 9.29 Å². The first kappa shape index (κ1) is 14.6. The molecule has 0 aromatic carbocycles. The van der Waals surface area contributed by atoms with Crippen LogP contribution >= 0.6 is 0 Å². The van der Waals surface area contributed by atoms with Crippen LogP contribution in [0.15, 0.2) is 18.3 Å². The van der Waals surface area contributed by atoms with E-state index in [9.17, 15) is 17.8 Å². The van der Waals surface area contributed by atoms with Gasteiger partial charge in [0.25, 0.3) is 0 Å². The zero-order valence-corrected chi connectivity index (χ0v) is 11.1. The lowest BCUT2D eigenvalue weighted by molar-refractivity contribution is -0.702. The Kier molecular flexibility index (Phi) is 4.80. The van der Waals surface area contributed by atoms with Crippen molar-refractivity contribution in [2.45, 2.75) is 19.9 Å². The molecule has 0 spiro atoms. The van der Waals surface area contributed by atoms with Gasteiger partial charge in [0.15, 0.2) is 11.9 Å². The molecule has 6 nitrogen and oxygen atoms in total. The molecule has 0 amide bonds. The van der Waals surface area contributed by atoms with Crippen LogP contribution in [0, 0.1) is 6.92 Å². The maximum Gasteiger partial charge on any atom is 0.343 e. The van der Waals surface area contributed by atoms with Gasteiger partial charge in [0.2, 0.25) is 0 Å². The third-order valence-electron chi connectivity index (χ3n) is 2.47. The minimum absolute atomic E-state index is 0.210. The van der Waals surface area contributed by atoms with Crippen LogP contribution in [0.2, 0.25) is 0 Å². The third kappa shape index (κ3) is 4.42. The molecule has 0 fully saturated rings. The van der Waals surface area contributed by atoms with E-state index in [1.807, 2.05) is 6.92 Å². The zero-order valence-electron chi connectivity index (χ0n) is 10.3. The lowest BCUT2D eigenvalue weighted by Gasteiger charge is -2.06. The Hall–Kier alpha value is -1.47. The summed E-state index contributed by atoms with van der Waals surface area (Å²) in [5.41, 5.74) is 1.25. The van der Waals surface area contributed by atoms with Gasteiger partial charge in [0, 0.05) is 25.2 Å². The lowest BCUT2D eigenvalue weighted by Crippen LogP contribution is -2.38. The molecule has 0 N–H and O–H groups in total. The molecule has 1 rings (SSSR count). The average Bonchev–Trinajstić information content (AvgIpc) is 2.29. The van der Waals surface area contributed by atoms with E-state index in [0.29, 0.717) is 12.1 Å². The summed E-state index contributed by atoms with van der Waals surface area (Å²) in [5, 5.41) is 0. The Morgan fingerprint density at radius 1 is 1.44 bits per heavy atom. The van der Waals surface area contributed by atoms with Crippen LogP contribution in [0.25, 0.3) is 0 Å². The van der Waals surface area contributed by atoms with Crippen molar-refractivity contribution in [1.82, 2.24) is 0 Å². The molecule has 1 aromatic rings. The third-order valence-corrected chi connectivity index (χ3v) is 3.26. The van der Waals surface area contributed by atoms with E-state index in [2.05, 4.69) is 4.74 Å². The number of carbonyl (C=O) groups is 1. The molecule has 0 aliphatic carbocycles. The Bertz CT molecular complexity index is 538. The summed E-state index contributed by atoms with van der Waals surface area (Å²) in [6.45, 7) is 2.19. The highest BCUT2D eigenvalue weighted by Crippen LogP contribution is 2.00. The van der Waals surface area contributed by atoms with E-state index in [4.69, 9.17) is 0 Å². The fraction of sp³-hybridized carbons (Fsp3) is 0.455. The molecule has 7 heteroatoms. The van der Waals surface area contributed by atoms with Crippen LogP contribution in [0.4, 0.5) is 0 Å². The molecule has 0 aliphatic rings. The fourth-order valence-corrected chi connectivity index (χ4v) is 1.99. The predicted octanol–water partition coefficient (Wildman–Crippen LogP) is 0.00442. The number of carbonyl (C=O) groups excluding carboxylic acids is 1. The van der Waals surface area contributed by atoms with Crippen molar-refractivity contribution in [2.24, 2.45) is 0 Å². The van der Waals surface area contributed by atoms with Gasteiger partial charge in [-0.15, -0.1) is 0 Å². The number of nitrogens with zero attached hydrogens (tertiary/aromatic N) is 1. The summed E-state index contributed by atoms with van der Waals surface area (Å²) in [4.78, 5) is 11.3. The monoisotopic (exact) mass is 273 g/mol. The predicted molar refractivity (Wildman–Crippen MR) is 61.9 cm³/mol. The number of methoxy groups -OCH3 is 1. The Balaban J connectivity index is 2.79. The van der Waals surface area contributed by atoms with Gasteiger partial charge in [-0.1, -0.05) is 0 Å². The van der Waals surface area contributed by atoms with Gasteiger partial charge in [0.1, 0.15) is 12.1 Å². The largest absolute Gasteiger partial charge is 0.748 e. The number of aryl methyl sites for hydroxylation is 2. The molecule has 18 heavy (non-hydrogen) atoms. The van der Waals surface area contributed by atoms with Gasteiger partial charge in [-0.2, -0.15) is 0 Å². The van der Waals surface area contributed by atoms with E-state index >= 15 is 0 Å². The number of pyridine rings is 1. The van der Waals surface area contributed by atoms with Gasteiger partial charge in [-0.25, -0.2) is 17.8 Å². The molecule has 1 aromatic heterocycles. The highest BCUT2D eigenvalue weighted by atomic mass is 32.2. The molecule has 0 radical (unpaired) electrons. The summed E-state index contributed by atoms with van der Waals surface area (Å²) in [6, 6.07) is 3.36. The average molecular weight is 273 g/mol. The summed E-state index contributed by atoms with van der Waals surface area (Å²) < 4.78 is 37.8. The van der Waals surface area contributed by atoms with Crippen molar-refractivity contribution in [2.75, 3.05) is 12.9 Å². The quantitative estimate of drug-likeness (QED) is 0.428. The molecule has 100 valence electrons. The van der Waals surface area contributed by atoms with E-state index in [1.165, 1.54) is 7.11 Å². The SMILES string of the molecule is COC(=O)c1ccc(C)[n+](CCCS(=O)(=O)[O-])c1. The summed E-state index contributed by atoms with van der Waals surface area (Å²) in [6.07, 6.45) is 1.79. The molecule has 0 bridgehead atoms. The number of rotatable bonds is 5. The van der Waals surface area contributed by atoms with Crippen LogP contribution in [0.3, 0.4) is 0 Å². The molecular formula is C11H15NO5S. The maximum atomic E-state index is 11.3. The van der Waals surface area contributed by atoms with Crippen molar-refractivity contribution in [3.05, 3.63) is 29.6 Å². The molecular weight excluding hydrogens is 258 g/mol. The summed E-state index contributed by atoms with van der Waals surface area (Å²) in [7, 11) is -2.90. The highest BCUT2D eigenvalue weighted by molar-refractivity contribution is 7.85. The van der Waals surface area contributed by atoms with E-state index < -0.39 is 21.8 Å². The van der Waals surface area contributed by atoms with Crippen LogP contribution in [0.5, 0.6) is 0 Å². The minimum Gasteiger partial charge on any atom is -0.748 e. The second-order valence-corrected chi connectivity index (χ2v) is 5.38. The number of aromatic nitrogens is 1. The smallest absolute Gasteiger partial charge is 0.343 e. The first-order valence-corrected chi connectivity index (χ1v) is 6.93. The Labute approximate surface area is 106 Å². The van der Waals surface area contributed by atoms with Crippen LogP contribution < -0.4 is 4.57 Å². The summed E-state index contributed by atoms with van der Waals surface area (Å²) >= 11 is 0. The van der Waals surface area contributed by atoms with Crippen LogP contribution in [-0.2, 0) is 21.4 Å². The van der Waals surface area contributed by atoms with E-state index in [0.717, 1.165) is 5.69 Å². The van der Waals surface area contributed by atoms with E-state index in [-0.39, 0.29) is 6.42 Å². The standard InChI is InChI=1S/C11H15NO5S/c1-9-4-5-10(11(13)17-2)8-12(9)6-3-7-18(14,15)16/h4-5,8H,3,6-7H2,1-2H3. The first-order valence-electron chi connectivity index (χ1n) is 5.35. The number of hydrogen-bond acceptors (Lipinski definition) is 5. The maximum absolute atomic E-state index is 11.3. The molecule has 0 saturated heterocycles. The second kappa shape index (κ2) is 5.92. The van der Waals surface area contributed by atoms with Crippen LogP contribution in [-0.4, -0.2) is 31.8 Å². The van der Waals surface area contributed by atoms with Crippen molar-refractivity contribution in [3.8, 4) is 0 Å². The molecule has 1 heterocycles. The fourth-order valence-electron chi connectivity index (χ4n) is 1.51. The molecule has 0 unspecified atom stereocenters. The van der Waals surface area contributed by atoms with Gasteiger partial charge >= 0.3 is 5.97 Å². The van der Waals surface area contributed by atoms with Gasteiger partial charge in [0.05, 0.1) is 17.2 Å². The number of hydrogen-bond donors (Lipinski definition) is 0. The Morgan fingerprint density at radius 3 is 2.67 bits per heavy atom. The minimum atomic E-state index is -4.19. The topological polar surface area (TPSA) is 87.4 Å². The van der Waals surface area contributed by atoms with Gasteiger partial charge in [-0.05, 0) is 6.07 Å². The molecule has 0 saturated carbocycles. The lowest BCUT2D eigenvalue weighted by atomic mass is 10.2.